The molecule has 4 heteroatoms. The van der Waals surface area contributed by atoms with E-state index in [1.54, 1.807) is 6.20 Å². The van der Waals surface area contributed by atoms with Gasteiger partial charge in [-0.1, -0.05) is 23.7 Å². The molecular weight excluding hydrogens is 224 g/mol. The van der Waals surface area contributed by atoms with Crippen LogP contribution in [0.3, 0.4) is 0 Å². The Morgan fingerprint density at radius 2 is 1.88 bits per heavy atom. The standard InChI is InChI=1S/C12H7ClN2O/c13-10-4-1-8(2-5-10)9-3-6-11-14-12(16)15(11)7-9/h1-7H. The van der Waals surface area contributed by atoms with E-state index < -0.39 is 0 Å². The molecule has 0 saturated carbocycles. The summed E-state index contributed by atoms with van der Waals surface area (Å²) in [5, 5.41) is 0.700. The number of aliphatic imine (C=N–C) groups is 1. The normalized spacial score (nSPS) is 17.6. The van der Waals surface area contributed by atoms with Gasteiger partial charge in [0.05, 0.1) is 0 Å². The number of hydrogen-bond acceptors (Lipinski definition) is 1. The van der Waals surface area contributed by atoms with Crippen molar-refractivity contribution in [1.82, 2.24) is 4.90 Å². The van der Waals surface area contributed by atoms with Crippen LogP contribution in [-0.4, -0.2) is 16.8 Å². The quantitative estimate of drug-likeness (QED) is 0.730. The Kier molecular flexibility index (Phi) is 1.94. The van der Waals surface area contributed by atoms with Crippen molar-refractivity contribution in [3.8, 4) is 0 Å². The first kappa shape index (κ1) is 9.36. The second-order valence-corrected chi connectivity index (χ2v) is 3.98. The Morgan fingerprint density at radius 1 is 1.12 bits per heavy atom. The summed E-state index contributed by atoms with van der Waals surface area (Å²) >= 11 is 5.82. The molecule has 1 aromatic rings. The van der Waals surface area contributed by atoms with Gasteiger partial charge in [0.25, 0.3) is 0 Å². The van der Waals surface area contributed by atoms with Crippen LogP contribution in [0.25, 0.3) is 5.57 Å². The van der Waals surface area contributed by atoms with Gasteiger partial charge in [-0.2, -0.15) is 4.99 Å². The molecule has 0 saturated heterocycles. The summed E-state index contributed by atoms with van der Waals surface area (Å²) in [4.78, 5) is 16.4. The van der Waals surface area contributed by atoms with E-state index in [4.69, 9.17) is 11.6 Å². The highest BCUT2D eigenvalue weighted by Crippen LogP contribution is 2.25. The average Bonchev–Trinajstić information content (AvgIpc) is 2.29. The number of benzene rings is 1. The lowest BCUT2D eigenvalue weighted by atomic mass is 10.0. The van der Waals surface area contributed by atoms with Crippen LogP contribution in [0.5, 0.6) is 0 Å². The molecule has 0 spiro atoms. The van der Waals surface area contributed by atoms with Crippen LogP contribution in [0.2, 0.25) is 5.02 Å². The number of urea groups is 1. The molecule has 2 aliphatic heterocycles. The summed E-state index contributed by atoms with van der Waals surface area (Å²) in [5.41, 5.74) is 2.00. The van der Waals surface area contributed by atoms with Crippen LogP contribution in [0.15, 0.2) is 47.6 Å². The maximum absolute atomic E-state index is 11.1. The van der Waals surface area contributed by atoms with E-state index in [9.17, 15) is 4.79 Å². The van der Waals surface area contributed by atoms with Crippen molar-refractivity contribution in [3.63, 3.8) is 0 Å². The van der Waals surface area contributed by atoms with Crippen LogP contribution < -0.4 is 0 Å². The first-order chi connectivity index (χ1) is 7.74. The highest BCUT2D eigenvalue weighted by Gasteiger charge is 2.27. The number of allylic oxidation sites excluding steroid dienone is 2. The molecule has 0 unspecified atom stereocenters. The third kappa shape index (κ3) is 1.37. The van der Waals surface area contributed by atoms with E-state index in [2.05, 4.69) is 4.99 Å². The Labute approximate surface area is 97.4 Å². The Hall–Kier alpha value is -1.87. The van der Waals surface area contributed by atoms with Crippen LogP contribution in [0, 0.1) is 0 Å². The van der Waals surface area contributed by atoms with Gasteiger partial charge >= 0.3 is 6.03 Å². The number of halogens is 1. The van der Waals surface area contributed by atoms with Crippen LogP contribution in [-0.2, 0) is 0 Å². The van der Waals surface area contributed by atoms with Crippen LogP contribution in [0.1, 0.15) is 5.56 Å². The number of amides is 2. The van der Waals surface area contributed by atoms with Gasteiger partial charge in [-0.3, -0.25) is 4.90 Å². The number of carbonyl (C=O) groups excluding carboxylic acids is 1. The zero-order valence-corrected chi connectivity index (χ0v) is 8.98. The molecule has 3 nitrogen and oxygen atoms in total. The lowest BCUT2D eigenvalue weighted by Crippen LogP contribution is -2.40. The second-order valence-electron chi connectivity index (χ2n) is 3.55. The minimum atomic E-state index is -0.217. The molecule has 16 heavy (non-hydrogen) atoms. The number of carbonyl (C=O) groups is 1. The van der Waals surface area contributed by atoms with Crippen molar-refractivity contribution in [1.29, 1.82) is 0 Å². The van der Waals surface area contributed by atoms with Crippen molar-refractivity contribution < 1.29 is 4.79 Å². The van der Waals surface area contributed by atoms with Crippen molar-refractivity contribution in [2.45, 2.75) is 0 Å². The molecule has 78 valence electrons. The number of amidine groups is 1. The SMILES string of the molecule is O=C1N=C2C=CC(c3ccc(Cl)cc3)=CN12. The number of nitrogens with zero attached hydrogens (tertiary/aromatic N) is 2. The van der Waals surface area contributed by atoms with Gasteiger partial charge in [0.1, 0.15) is 5.84 Å². The fourth-order valence-corrected chi connectivity index (χ4v) is 1.78. The van der Waals surface area contributed by atoms with Gasteiger partial charge in [0.2, 0.25) is 0 Å². The van der Waals surface area contributed by atoms with Gasteiger partial charge < -0.3 is 0 Å². The Morgan fingerprint density at radius 3 is 2.56 bits per heavy atom. The van der Waals surface area contributed by atoms with Gasteiger partial charge in [-0.25, -0.2) is 4.79 Å². The summed E-state index contributed by atoms with van der Waals surface area (Å²) in [6.45, 7) is 0. The summed E-state index contributed by atoms with van der Waals surface area (Å²) in [6, 6.07) is 7.28. The van der Waals surface area contributed by atoms with E-state index in [1.165, 1.54) is 4.90 Å². The molecular formula is C12H7ClN2O. The fourth-order valence-electron chi connectivity index (χ4n) is 1.66. The molecule has 2 heterocycles. The predicted octanol–water partition coefficient (Wildman–Crippen LogP) is 3.08. The number of hydrogen-bond donors (Lipinski definition) is 0. The van der Waals surface area contributed by atoms with Crippen molar-refractivity contribution in [3.05, 3.63) is 53.2 Å². The lowest BCUT2D eigenvalue weighted by molar-refractivity contribution is 0.233. The van der Waals surface area contributed by atoms with E-state index >= 15 is 0 Å². The summed E-state index contributed by atoms with van der Waals surface area (Å²) in [7, 11) is 0. The summed E-state index contributed by atoms with van der Waals surface area (Å²) in [5.74, 6) is 0.697. The fraction of sp³-hybridized carbons (Fsp3) is 0. The second kappa shape index (κ2) is 3.32. The summed E-state index contributed by atoms with van der Waals surface area (Å²) < 4.78 is 0. The highest BCUT2D eigenvalue weighted by molar-refractivity contribution is 6.30. The molecule has 3 rings (SSSR count). The summed E-state index contributed by atoms with van der Waals surface area (Å²) in [6.07, 6.45) is 5.55. The highest BCUT2D eigenvalue weighted by atomic mass is 35.5. The molecule has 2 aliphatic rings. The molecule has 2 amide bonds. The van der Waals surface area contributed by atoms with Crippen molar-refractivity contribution in [2.75, 3.05) is 0 Å². The third-order valence-corrected chi connectivity index (χ3v) is 2.77. The van der Waals surface area contributed by atoms with Crippen LogP contribution >= 0.6 is 11.6 Å². The van der Waals surface area contributed by atoms with E-state index in [0.717, 1.165) is 11.1 Å². The maximum atomic E-state index is 11.1. The zero-order chi connectivity index (χ0) is 11.1. The smallest absolute Gasteiger partial charge is 0.251 e. The Balaban J connectivity index is 1.98. The monoisotopic (exact) mass is 230 g/mol. The molecule has 0 bridgehead atoms. The zero-order valence-electron chi connectivity index (χ0n) is 8.22. The minimum Gasteiger partial charge on any atom is -0.251 e. The molecule has 0 aliphatic carbocycles. The van der Waals surface area contributed by atoms with E-state index in [-0.39, 0.29) is 6.03 Å². The lowest BCUT2D eigenvalue weighted by Gasteiger charge is -2.27. The van der Waals surface area contributed by atoms with Crippen LogP contribution in [0.4, 0.5) is 4.79 Å². The van der Waals surface area contributed by atoms with Gasteiger partial charge in [0.15, 0.2) is 0 Å². The molecule has 0 radical (unpaired) electrons. The van der Waals surface area contributed by atoms with E-state index in [0.29, 0.717) is 10.9 Å². The molecule has 1 aromatic carbocycles. The third-order valence-electron chi connectivity index (χ3n) is 2.52. The van der Waals surface area contributed by atoms with E-state index in [1.807, 2.05) is 36.4 Å². The molecule has 0 aromatic heterocycles. The molecule has 0 N–H and O–H groups in total. The Bertz CT molecular complexity index is 555. The topological polar surface area (TPSA) is 32.7 Å². The van der Waals surface area contributed by atoms with Gasteiger partial charge in [-0.05, 0) is 35.4 Å². The minimum absolute atomic E-state index is 0.217. The predicted molar refractivity (Wildman–Crippen MR) is 63.2 cm³/mol. The first-order valence-corrected chi connectivity index (χ1v) is 5.19. The maximum Gasteiger partial charge on any atom is 0.355 e. The number of fused-ring (bicyclic) bond motifs is 1. The van der Waals surface area contributed by atoms with Crippen molar-refractivity contribution in [2.24, 2.45) is 4.99 Å². The molecule has 0 fully saturated rings. The first-order valence-electron chi connectivity index (χ1n) is 4.82. The van der Waals surface area contributed by atoms with Gasteiger partial charge in [0, 0.05) is 11.2 Å². The largest absolute Gasteiger partial charge is 0.355 e. The number of rotatable bonds is 1. The van der Waals surface area contributed by atoms with Gasteiger partial charge in [-0.15, -0.1) is 0 Å². The molecule has 0 atom stereocenters. The average molecular weight is 231 g/mol. The van der Waals surface area contributed by atoms with Crippen molar-refractivity contribution >= 4 is 29.0 Å².